The highest BCUT2D eigenvalue weighted by atomic mass is 127. The molecule has 9 nitrogen and oxygen atoms in total. The first-order chi connectivity index (χ1) is 22.9. The molecule has 2 aliphatic heterocycles. The Morgan fingerprint density at radius 1 is 0.851 bits per heavy atom. The monoisotopic (exact) mass is 746 g/mol. The fraction of sp³-hybridized carbons (Fsp3) is 0.333. The number of anilines is 2. The predicted octanol–water partition coefficient (Wildman–Crippen LogP) is 6.15. The van der Waals surface area contributed by atoms with E-state index >= 15 is 0 Å². The second-order valence-electron chi connectivity index (χ2n) is 12.3. The molecular formula is C36H36FIN6O3. The van der Waals surface area contributed by atoms with Crippen molar-refractivity contribution in [1.82, 2.24) is 20.3 Å². The van der Waals surface area contributed by atoms with Gasteiger partial charge in [-0.1, -0.05) is 18.2 Å². The van der Waals surface area contributed by atoms with E-state index in [1.54, 1.807) is 18.2 Å². The van der Waals surface area contributed by atoms with Gasteiger partial charge in [0.25, 0.3) is 5.91 Å². The number of rotatable bonds is 5. The number of pyridine rings is 3. The summed E-state index contributed by atoms with van der Waals surface area (Å²) in [4.78, 5) is 42.6. The number of nitrogens with zero attached hydrogens (tertiary/aromatic N) is 4. The fourth-order valence-corrected chi connectivity index (χ4v) is 6.66. The number of amides is 1. The average molecular weight is 747 g/mol. The minimum atomic E-state index is -0.708. The molecule has 1 aliphatic carbocycles. The summed E-state index contributed by atoms with van der Waals surface area (Å²) in [6, 6.07) is 17.8. The Bertz CT molecular complexity index is 1950. The molecule has 5 heterocycles. The van der Waals surface area contributed by atoms with E-state index in [2.05, 4.69) is 64.8 Å². The number of carbonyl (C=O) groups is 1. The third-order valence-electron chi connectivity index (χ3n) is 9.17. The molecular weight excluding hydrogens is 710 g/mol. The zero-order valence-corrected chi connectivity index (χ0v) is 28.1. The van der Waals surface area contributed by atoms with E-state index in [0.717, 1.165) is 75.5 Å². The van der Waals surface area contributed by atoms with Gasteiger partial charge < -0.3 is 24.8 Å². The lowest BCUT2D eigenvalue weighted by molar-refractivity contribution is 0.0927. The normalized spacial score (nSPS) is 17.2. The maximum Gasteiger partial charge on any atom is 0.255 e. The number of carbonyl (C=O) groups excluding carboxylic acids is 1. The van der Waals surface area contributed by atoms with Gasteiger partial charge in [0, 0.05) is 58.4 Å². The summed E-state index contributed by atoms with van der Waals surface area (Å²) in [5.41, 5.74) is 1.16. The Balaban J connectivity index is 0.000000226. The molecule has 242 valence electrons. The van der Waals surface area contributed by atoms with E-state index in [-0.39, 0.29) is 16.4 Å². The molecule has 11 heteroatoms. The van der Waals surface area contributed by atoms with Crippen molar-refractivity contribution in [2.75, 3.05) is 49.2 Å². The molecule has 1 saturated carbocycles. The van der Waals surface area contributed by atoms with Crippen molar-refractivity contribution in [2.24, 2.45) is 0 Å². The molecule has 3 aromatic heterocycles. The number of fused-ring (bicyclic) bond motifs is 2. The molecule has 0 unspecified atom stereocenters. The lowest BCUT2D eigenvalue weighted by Gasteiger charge is -2.28. The predicted molar refractivity (Wildman–Crippen MR) is 191 cm³/mol. The zero-order chi connectivity index (χ0) is 32.4. The Kier molecular flexibility index (Phi) is 9.09. The van der Waals surface area contributed by atoms with Crippen LogP contribution in [0, 0.1) is 9.39 Å². The first-order valence-corrected chi connectivity index (χ1v) is 17.2. The van der Waals surface area contributed by atoms with Crippen molar-refractivity contribution in [3.8, 4) is 0 Å². The van der Waals surface area contributed by atoms with E-state index in [4.69, 9.17) is 4.74 Å². The standard InChI is InChI=1S/C27H25FN4O2.C9H11IN2O/c28-21-14-20-23(30-22-7-3-2-6-18(22)25(20)33)15-19(21)26(34)31-27(10-11-27)17-8-9-24(29-16-17)32-12-4-1-5-13-32;10-8-1-2-9(11-7-8)12-3-5-13-6-4-12/h2-3,6-9,14-16H,1,4-5,10-13H2,(H,30,33)(H,31,34);1-2,7H,3-6H2. The summed E-state index contributed by atoms with van der Waals surface area (Å²) in [6.07, 6.45) is 8.91. The molecule has 2 aromatic carbocycles. The number of para-hydroxylation sites is 1. The second-order valence-corrected chi connectivity index (χ2v) is 13.5. The number of morpholine rings is 1. The first kappa shape index (κ1) is 31.5. The lowest BCUT2D eigenvalue weighted by Crippen LogP contribution is -2.36. The Morgan fingerprint density at radius 3 is 2.23 bits per heavy atom. The third kappa shape index (κ3) is 6.82. The minimum absolute atomic E-state index is 0.0809. The Hall–Kier alpha value is -4.10. The van der Waals surface area contributed by atoms with Gasteiger partial charge in [0.05, 0.1) is 29.8 Å². The molecule has 0 atom stereocenters. The number of ether oxygens (including phenoxy) is 1. The van der Waals surface area contributed by atoms with Crippen LogP contribution in [0.5, 0.6) is 0 Å². The minimum Gasteiger partial charge on any atom is -0.378 e. The number of halogens is 2. The summed E-state index contributed by atoms with van der Waals surface area (Å²) < 4.78 is 21.4. The molecule has 2 N–H and O–H groups in total. The Morgan fingerprint density at radius 2 is 1.55 bits per heavy atom. The molecule has 2 saturated heterocycles. The van der Waals surface area contributed by atoms with Crippen molar-refractivity contribution in [3.63, 3.8) is 0 Å². The maximum absolute atomic E-state index is 15.0. The number of hydrogen-bond acceptors (Lipinski definition) is 7. The van der Waals surface area contributed by atoms with Crippen molar-refractivity contribution in [3.05, 3.63) is 104 Å². The molecule has 3 fully saturated rings. The smallest absolute Gasteiger partial charge is 0.255 e. The molecule has 0 spiro atoms. The number of benzene rings is 2. The number of H-pyrrole nitrogens is 1. The van der Waals surface area contributed by atoms with Gasteiger partial charge in [-0.25, -0.2) is 14.4 Å². The van der Waals surface area contributed by atoms with Gasteiger partial charge >= 0.3 is 0 Å². The SMILES string of the molecule is Ic1ccc(N2CCOCC2)nc1.O=C(NC1(c2ccc(N3CCCCC3)nc2)CC1)c1cc2[nH]c3ccccc3c(=O)c2cc1F. The van der Waals surface area contributed by atoms with Crippen LogP contribution in [0.3, 0.4) is 0 Å². The maximum atomic E-state index is 15.0. The summed E-state index contributed by atoms with van der Waals surface area (Å²) in [7, 11) is 0. The van der Waals surface area contributed by atoms with Crippen LogP contribution >= 0.6 is 22.6 Å². The highest BCUT2D eigenvalue weighted by Crippen LogP contribution is 2.46. The molecule has 0 bridgehead atoms. The number of nitrogens with one attached hydrogen (secondary N) is 2. The number of piperidine rings is 1. The van der Waals surface area contributed by atoms with Gasteiger partial charge in [0.1, 0.15) is 17.5 Å². The van der Waals surface area contributed by atoms with Crippen LogP contribution in [-0.2, 0) is 10.3 Å². The second kappa shape index (κ2) is 13.6. The van der Waals surface area contributed by atoms with Crippen LogP contribution in [0.25, 0.3) is 21.8 Å². The van der Waals surface area contributed by atoms with Crippen LogP contribution in [0.15, 0.2) is 77.9 Å². The van der Waals surface area contributed by atoms with Crippen molar-refractivity contribution in [2.45, 2.75) is 37.6 Å². The van der Waals surface area contributed by atoms with Crippen molar-refractivity contribution < 1.29 is 13.9 Å². The van der Waals surface area contributed by atoms with E-state index in [0.29, 0.717) is 16.4 Å². The summed E-state index contributed by atoms with van der Waals surface area (Å²) in [5.74, 6) is 0.817. The van der Waals surface area contributed by atoms with E-state index in [9.17, 15) is 14.0 Å². The highest BCUT2D eigenvalue weighted by molar-refractivity contribution is 14.1. The molecule has 1 amide bonds. The summed E-state index contributed by atoms with van der Waals surface area (Å²) in [5, 5.41) is 3.75. The van der Waals surface area contributed by atoms with E-state index in [1.165, 1.54) is 28.9 Å². The molecule has 3 aliphatic rings. The quantitative estimate of drug-likeness (QED) is 0.165. The molecule has 0 radical (unpaired) electrons. The molecule has 47 heavy (non-hydrogen) atoms. The van der Waals surface area contributed by atoms with Gasteiger partial charge in [0.2, 0.25) is 0 Å². The van der Waals surface area contributed by atoms with Gasteiger partial charge in [0.15, 0.2) is 5.43 Å². The van der Waals surface area contributed by atoms with Gasteiger partial charge in [-0.3, -0.25) is 9.59 Å². The van der Waals surface area contributed by atoms with Crippen molar-refractivity contribution in [1.29, 1.82) is 0 Å². The van der Waals surface area contributed by atoms with Crippen LogP contribution in [0.1, 0.15) is 48.0 Å². The van der Waals surface area contributed by atoms with Gasteiger partial charge in [-0.05, 0) is 103 Å². The lowest BCUT2D eigenvalue weighted by atomic mass is 10.0. The largest absolute Gasteiger partial charge is 0.378 e. The topological polar surface area (TPSA) is 103 Å². The summed E-state index contributed by atoms with van der Waals surface area (Å²) in [6.45, 7) is 5.57. The summed E-state index contributed by atoms with van der Waals surface area (Å²) >= 11 is 2.26. The number of aromatic amines is 1. The van der Waals surface area contributed by atoms with Gasteiger partial charge in [-0.2, -0.15) is 0 Å². The zero-order valence-electron chi connectivity index (χ0n) is 26.0. The van der Waals surface area contributed by atoms with Crippen LogP contribution in [-0.4, -0.2) is 60.3 Å². The number of aromatic nitrogens is 3. The van der Waals surface area contributed by atoms with Crippen LogP contribution in [0.2, 0.25) is 0 Å². The highest BCUT2D eigenvalue weighted by Gasteiger charge is 2.46. The third-order valence-corrected chi connectivity index (χ3v) is 9.81. The fourth-order valence-electron chi connectivity index (χ4n) is 6.34. The van der Waals surface area contributed by atoms with E-state index in [1.807, 2.05) is 30.6 Å². The van der Waals surface area contributed by atoms with Crippen LogP contribution in [0.4, 0.5) is 16.0 Å². The molecule has 8 rings (SSSR count). The average Bonchev–Trinajstić information content (AvgIpc) is 3.90. The number of hydrogen-bond donors (Lipinski definition) is 2. The van der Waals surface area contributed by atoms with Crippen molar-refractivity contribution >= 4 is 61.9 Å². The van der Waals surface area contributed by atoms with Crippen LogP contribution < -0.4 is 20.5 Å². The first-order valence-electron chi connectivity index (χ1n) is 16.1. The van der Waals surface area contributed by atoms with Gasteiger partial charge in [-0.15, -0.1) is 0 Å². The van der Waals surface area contributed by atoms with E-state index < -0.39 is 17.3 Å². The molecule has 5 aromatic rings. The Labute approximate surface area is 285 Å².